The molecule has 0 amide bonds. The fourth-order valence-corrected chi connectivity index (χ4v) is 1.86. The van der Waals surface area contributed by atoms with Gasteiger partial charge in [0.2, 0.25) is 5.89 Å². The Morgan fingerprint density at radius 2 is 2.28 bits per heavy atom. The summed E-state index contributed by atoms with van der Waals surface area (Å²) in [6, 6.07) is 5.78. The third kappa shape index (κ3) is 3.13. The van der Waals surface area contributed by atoms with Gasteiger partial charge in [-0.05, 0) is 18.6 Å². The van der Waals surface area contributed by atoms with Gasteiger partial charge in [-0.1, -0.05) is 24.6 Å². The highest BCUT2D eigenvalue weighted by molar-refractivity contribution is 5.09. The van der Waals surface area contributed by atoms with Crippen molar-refractivity contribution in [1.82, 2.24) is 15.1 Å². The summed E-state index contributed by atoms with van der Waals surface area (Å²) in [7, 11) is 0. The zero-order valence-electron chi connectivity index (χ0n) is 10.5. The standard InChI is InChI=1S/C13H18N4O/c1-2-5-10(9-14)13-16-12(17-18-13)8-11-6-3-4-7-15-11/h3-4,6-7,10H,2,5,8-9,14H2,1H3. The molecule has 0 spiro atoms. The molecular weight excluding hydrogens is 228 g/mol. The van der Waals surface area contributed by atoms with Gasteiger partial charge in [0.15, 0.2) is 5.82 Å². The van der Waals surface area contributed by atoms with Gasteiger partial charge in [0, 0.05) is 18.4 Å². The molecule has 96 valence electrons. The van der Waals surface area contributed by atoms with Crippen molar-refractivity contribution in [1.29, 1.82) is 0 Å². The highest BCUT2D eigenvalue weighted by Gasteiger charge is 2.16. The molecule has 1 unspecified atom stereocenters. The molecule has 2 aromatic rings. The number of rotatable bonds is 6. The van der Waals surface area contributed by atoms with Gasteiger partial charge < -0.3 is 10.3 Å². The molecule has 2 aromatic heterocycles. The molecule has 0 aromatic carbocycles. The molecule has 0 aliphatic carbocycles. The Morgan fingerprint density at radius 3 is 2.94 bits per heavy atom. The average molecular weight is 246 g/mol. The van der Waals surface area contributed by atoms with Gasteiger partial charge in [0.25, 0.3) is 0 Å². The van der Waals surface area contributed by atoms with Crippen molar-refractivity contribution in [2.75, 3.05) is 6.54 Å². The van der Waals surface area contributed by atoms with Crippen molar-refractivity contribution in [2.24, 2.45) is 5.73 Å². The van der Waals surface area contributed by atoms with E-state index >= 15 is 0 Å². The van der Waals surface area contributed by atoms with Crippen LogP contribution in [0, 0.1) is 0 Å². The lowest BCUT2D eigenvalue weighted by Gasteiger charge is -2.06. The number of nitrogens with zero attached hydrogens (tertiary/aromatic N) is 3. The highest BCUT2D eigenvalue weighted by Crippen LogP contribution is 2.18. The second-order valence-corrected chi connectivity index (χ2v) is 4.27. The van der Waals surface area contributed by atoms with Crippen molar-refractivity contribution >= 4 is 0 Å². The highest BCUT2D eigenvalue weighted by atomic mass is 16.5. The SMILES string of the molecule is CCCC(CN)c1nc(Cc2ccccn2)no1. The van der Waals surface area contributed by atoms with Crippen LogP contribution >= 0.6 is 0 Å². The first-order valence-electron chi connectivity index (χ1n) is 6.26. The van der Waals surface area contributed by atoms with Crippen LogP contribution in [0.2, 0.25) is 0 Å². The maximum absolute atomic E-state index is 5.71. The van der Waals surface area contributed by atoms with Gasteiger partial charge in [-0.2, -0.15) is 4.98 Å². The van der Waals surface area contributed by atoms with Crippen molar-refractivity contribution in [3.05, 3.63) is 41.8 Å². The third-order valence-corrected chi connectivity index (χ3v) is 2.82. The maximum Gasteiger partial charge on any atom is 0.231 e. The number of hydrogen-bond donors (Lipinski definition) is 1. The molecule has 0 aliphatic rings. The van der Waals surface area contributed by atoms with Crippen LogP contribution in [0.25, 0.3) is 0 Å². The molecule has 0 radical (unpaired) electrons. The lowest BCUT2D eigenvalue weighted by molar-refractivity contribution is 0.344. The van der Waals surface area contributed by atoms with Gasteiger partial charge in [-0.15, -0.1) is 0 Å². The van der Waals surface area contributed by atoms with E-state index in [1.807, 2.05) is 18.2 Å². The summed E-state index contributed by atoms with van der Waals surface area (Å²) in [4.78, 5) is 8.64. The van der Waals surface area contributed by atoms with E-state index in [9.17, 15) is 0 Å². The van der Waals surface area contributed by atoms with E-state index in [4.69, 9.17) is 10.3 Å². The Hall–Kier alpha value is -1.75. The second kappa shape index (κ2) is 6.26. The van der Waals surface area contributed by atoms with Gasteiger partial charge >= 0.3 is 0 Å². The van der Waals surface area contributed by atoms with E-state index in [1.165, 1.54) is 0 Å². The first-order chi connectivity index (χ1) is 8.83. The van der Waals surface area contributed by atoms with E-state index in [0.29, 0.717) is 24.7 Å². The van der Waals surface area contributed by atoms with Crippen molar-refractivity contribution in [3.8, 4) is 0 Å². The summed E-state index contributed by atoms with van der Waals surface area (Å²) < 4.78 is 5.27. The van der Waals surface area contributed by atoms with Crippen LogP contribution < -0.4 is 5.73 Å². The zero-order valence-corrected chi connectivity index (χ0v) is 10.5. The zero-order chi connectivity index (χ0) is 12.8. The normalized spacial score (nSPS) is 12.6. The summed E-state index contributed by atoms with van der Waals surface area (Å²) in [5.41, 5.74) is 6.65. The summed E-state index contributed by atoms with van der Waals surface area (Å²) in [5, 5.41) is 3.98. The summed E-state index contributed by atoms with van der Waals surface area (Å²) in [6.07, 6.45) is 4.38. The van der Waals surface area contributed by atoms with E-state index in [2.05, 4.69) is 22.0 Å². The first-order valence-corrected chi connectivity index (χ1v) is 6.26. The first kappa shape index (κ1) is 12.7. The Balaban J connectivity index is 2.06. The predicted molar refractivity (Wildman–Crippen MR) is 68.0 cm³/mol. The lowest BCUT2D eigenvalue weighted by Crippen LogP contribution is -2.12. The molecule has 0 aliphatic heterocycles. The molecule has 5 heteroatoms. The van der Waals surface area contributed by atoms with Crippen molar-refractivity contribution < 1.29 is 4.52 Å². The minimum atomic E-state index is 0.167. The van der Waals surface area contributed by atoms with Crippen LogP contribution in [0.1, 0.15) is 43.1 Å². The molecule has 0 bridgehead atoms. The van der Waals surface area contributed by atoms with E-state index in [1.54, 1.807) is 6.20 Å². The Labute approximate surface area is 106 Å². The molecular formula is C13H18N4O. The molecule has 5 nitrogen and oxygen atoms in total. The summed E-state index contributed by atoms with van der Waals surface area (Å²) in [5.74, 6) is 1.48. The van der Waals surface area contributed by atoms with Crippen LogP contribution in [0.3, 0.4) is 0 Å². The Kier molecular flexibility index (Phi) is 4.41. The quantitative estimate of drug-likeness (QED) is 0.842. The molecule has 1 atom stereocenters. The summed E-state index contributed by atoms with van der Waals surface area (Å²) in [6.45, 7) is 2.66. The van der Waals surface area contributed by atoms with Crippen LogP contribution in [-0.2, 0) is 6.42 Å². The Morgan fingerprint density at radius 1 is 1.39 bits per heavy atom. The molecule has 0 saturated heterocycles. The monoisotopic (exact) mass is 246 g/mol. The number of nitrogens with two attached hydrogens (primary N) is 1. The smallest absolute Gasteiger partial charge is 0.231 e. The van der Waals surface area contributed by atoms with Crippen molar-refractivity contribution in [3.63, 3.8) is 0 Å². The van der Waals surface area contributed by atoms with E-state index in [0.717, 1.165) is 18.5 Å². The molecule has 0 fully saturated rings. The lowest BCUT2D eigenvalue weighted by atomic mass is 10.0. The van der Waals surface area contributed by atoms with Gasteiger partial charge in [0.05, 0.1) is 12.3 Å². The molecule has 18 heavy (non-hydrogen) atoms. The van der Waals surface area contributed by atoms with Crippen LogP contribution in [0.15, 0.2) is 28.9 Å². The molecule has 2 N–H and O–H groups in total. The minimum absolute atomic E-state index is 0.167. The number of pyridine rings is 1. The Bertz CT molecular complexity index is 469. The topological polar surface area (TPSA) is 77.8 Å². The van der Waals surface area contributed by atoms with Crippen LogP contribution in [0.5, 0.6) is 0 Å². The van der Waals surface area contributed by atoms with E-state index < -0.39 is 0 Å². The van der Waals surface area contributed by atoms with Crippen molar-refractivity contribution in [2.45, 2.75) is 32.1 Å². The van der Waals surface area contributed by atoms with Crippen LogP contribution in [0.4, 0.5) is 0 Å². The molecule has 2 rings (SSSR count). The third-order valence-electron chi connectivity index (χ3n) is 2.82. The van der Waals surface area contributed by atoms with Crippen LogP contribution in [-0.4, -0.2) is 21.7 Å². The number of hydrogen-bond acceptors (Lipinski definition) is 5. The average Bonchev–Trinajstić information content (AvgIpc) is 2.85. The minimum Gasteiger partial charge on any atom is -0.339 e. The molecule has 2 heterocycles. The fourth-order valence-electron chi connectivity index (χ4n) is 1.86. The predicted octanol–water partition coefficient (Wildman–Crippen LogP) is 1.90. The number of aromatic nitrogens is 3. The fraction of sp³-hybridized carbons (Fsp3) is 0.462. The maximum atomic E-state index is 5.71. The van der Waals surface area contributed by atoms with E-state index in [-0.39, 0.29) is 5.92 Å². The largest absolute Gasteiger partial charge is 0.339 e. The molecule has 0 saturated carbocycles. The summed E-state index contributed by atoms with van der Waals surface area (Å²) >= 11 is 0. The second-order valence-electron chi connectivity index (χ2n) is 4.27. The van der Waals surface area contributed by atoms with Gasteiger partial charge in [-0.25, -0.2) is 0 Å². The van der Waals surface area contributed by atoms with Gasteiger partial charge in [0.1, 0.15) is 0 Å². The van der Waals surface area contributed by atoms with Gasteiger partial charge in [-0.3, -0.25) is 4.98 Å².